The first-order chi connectivity index (χ1) is 8.20. The van der Waals surface area contributed by atoms with Gasteiger partial charge in [-0.3, -0.25) is 4.79 Å². The highest BCUT2D eigenvalue weighted by Gasteiger charge is 2.15. The highest BCUT2D eigenvalue weighted by atomic mass is 16.6. The fourth-order valence-electron chi connectivity index (χ4n) is 1.21. The molecule has 1 aromatic carbocycles. The smallest absolute Gasteiger partial charge is 0.281 e. The van der Waals surface area contributed by atoms with E-state index < -0.39 is 5.91 Å². The third kappa shape index (κ3) is 2.21. The van der Waals surface area contributed by atoms with Crippen LogP contribution >= 0.6 is 0 Å². The van der Waals surface area contributed by atoms with E-state index in [0.29, 0.717) is 11.3 Å². The number of nitrogen functional groups attached to an aromatic ring is 1. The van der Waals surface area contributed by atoms with Gasteiger partial charge in [0, 0.05) is 5.69 Å². The van der Waals surface area contributed by atoms with Gasteiger partial charge in [0.1, 0.15) is 0 Å². The number of amides is 1. The number of nitriles is 1. The first kappa shape index (κ1) is 10.6. The molecule has 2 rings (SSSR count). The lowest BCUT2D eigenvalue weighted by Gasteiger charge is -2.02. The summed E-state index contributed by atoms with van der Waals surface area (Å²) in [5.74, 6) is -0.627. The maximum Gasteiger partial charge on any atom is 0.281 e. The summed E-state index contributed by atoms with van der Waals surface area (Å²) in [6.45, 7) is 0. The SMILES string of the molecule is N#Cc1cccc(NC(=O)c2nonc2N)c1. The van der Waals surface area contributed by atoms with E-state index in [1.807, 2.05) is 6.07 Å². The summed E-state index contributed by atoms with van der Waals surface area (Å²) < 4.78 is 4.31. The lowest BCUT2D eigenvalue weighted by Crippen LogP contribution is -2.14. The summed E-state index contributed by atoms with van der Waals surface area (Å²) in [6, 6.07) is 8.41. The Labute approximate surface area is 95.8 Å². The quantitative estimate of drug-likeness (QED) is 0.785. The Morgan fingerprint density at radius 3 is 2.94 bits per heavy atom. The fourth-order valence-corrected chi connectivity index (χ4v) is 1.21. The van der Waals surface area contributed by atoms with Crippen LogP contribution in [0, 0.1) is 11.3 Å². The van der Waals surface area contributed by atoms with Crippen LogP contribution in [0.15, 0.2) is 28.9 Å². The first-order valence-electron chi connectivity index (χ1n) is 4.60. The number of benzene rings is 1. The summed E-state index contributed by atoms with van der Waals surface area (Å²) >= 11 is 0. The normalized spacial score (nSPS) is 9.59. The number of anilines is 2. The Bertz CT molecular complexity index is 599. The predicted octanol–water partition coefficient (Wildman–Crippen LogP) is 0.776. The van der Waals surface area contributed by atoms with Crippen molar-refractivity contribution in [2.24, 2.45) is 0 Å². The van der Waals surface area contributed by atoms with Crippen LogP contribution < -0.4 is 11.1 Å². The van der Waals surface area contributed by atoms with E-state index in [0.717, 1.165) is 0 Å². The average molecular weight is 229 g/mol. The summed E-state index contributed by atoms with van der Waals surface area (Å²) in [7, 11) is 0. The number of carbonyl (C=O) groups is 1. The molecule has 2 aromatic rings. The standard InChI is InChI=1S/C10H7N5O2/c11-5-6-2-1-3-7(4-6)13-10(16)8-9(12)15-17-14-8/h1-4H,(H2,12,15)(H,13,16). The van der Waals surface area contributed by atoms with E-state index in [1.165, 1.54) is 6.07 Å². The summed E-state index contributed by atoms with van der Waals surface area (Å²) in [5, 5.41) is 17.9. The zero-order valence-electron chi connectivity index (χ0n) is 8.54. The van der Waals surface area contributed by atoms with Gasteiger partial charge in [-0.1, -0.05) is 6.07 Å². The second-order valence-electron chi connectivity index (χ2n) is 3.14. The van der Waals surface area contributed by atoms with Crippen LogP contribution in [0.1, 0.15) is 16.1 Å². The van der Waals surface area contributed by atoms with E-state index in [1.54, 1.807) is 18.2 Å². The highest BCUT2D eigenvalue weighted by Crippen LogP contribution is 2.12. The lowest BCUT2D eigenvalue weighted by atomic mass is 10.2. The van der Waals surface area contributed by atoms with Crippen LogP contribution in [0.3, 0.4) is 0 Å². The summed E-state index contributed by atoms with van der Waals surface area (Å²) in [6.07, 6.45) is 0. The molecule has 3 N–H and O–H groups in total. The molecule has 0 spiro atoms. The monoisotopic (exact) mass is 229 g/mol. The first-order valence-corrected chi connectivity index (χ1v) is 4.60. The molecule has 0 aliphatic carbocycles. The Hall–Kier alpha value is -2.88. The van der Waals surface area contributed by atoms with Crippen LogP contribution in [0.2, 0.25) is 0 Å². The number of hydrogen-bond acceptors (Lipinski definition) is 6. The molecule has 0 saturated carbocycles. The van der Waals surface area contributed by atoms with E-state index in [4.69, 9.17) is 11.0 Å². The molecular formula is C10H7N5O2. The molecule has 7 nitrogen and oxygen atoms in total. The molecule has 1 amide bonds. The predicted molar refractivity (Wildman–Crippen MR) is 57.8 cm³/mol. The number of hydrogen-bond donors (Lipinski definition) is 2. The minimum absolute atomic E-state index is 0.0843. The van der Waals surface area contributed by atoms with Crippen molar-refractivity contribution in [2.75, 3.05) is 11.1 Å². The van der Waals surface area contributed by atoms with Crippen molar-refractivity contribution < 1.29 is 9.42 Å². The topological polar surface area (TPSA) is 118 Å². The number of nitrogens with two attached hydrogens (primary N) is 1. The van der Waals surface area contributed by atoms with E-state index in [2.05, 4.69) is 20.3 Å². The van der Waals surface area contributed by atoms with Crippen molar-refractivity contribution >= 4 is 17.4 Å². The molecule has 0 atom stereocenters. The molecular weight excluding hydrogens is 222 g/mol. The maximum atomic E-state index is 11.7. The van der Waals surface area contributed by atoms with Gasteiger partial charge in [0.25, 0.3) is 5.91 Å². The van der Waals surface area contributed by atoms with Gasteiger partial charge in [-0.2, -0.15) is 5.26 Å². The molecule has 0 fully saturated rings. The molecule has 0 aliphatic rings. The highest BCUT2D eigenvalue weighted by molar-refractivity contribution is 6.05. The van der Waals surface area contributed by atoms with E-state index in [9.17, 15) is 4.79 Å². The summed E-state index contributed by atoms with van der Waals surface area (Å²) in [5.41, 5.74) is 6.19. The zero-order valence-corrected chi connectivity index (χ0v) is 8.54. The minimum Gasteiger partial charge on any atom is -0.379 e. The lowest BCUT2D eigenvalue weighted by molar-refractivity contribution is 0.101. The number of aromatic nitrogens is 2. The van der Waals surface area contributed by atoms with Crippen LogP contribution in [-0.4, -0.2) is 16.2 Å². The molecule has 0 aliphatic heterocycles. The van der Waals surface area contributed by atoms with Gasteiger partial charge in [0.05, 0.1) is 11.6 Å². The molecule has 0 bridgehead atoms. The van der Waals surface area contributed by atoms with E-state index in [-0.39, 0.29) is 11.5 Å². The van der Waals surface area contributed by atoms with Crippen molar-refractivity contribution in [3.05, 3.63) is 35.5 Å². The Morgan fingerprint density at radius 2 is 2.29 bits per heavy atom. The Kier molecular flexibility index (Phi) is 2.70. The largest absolute Gasteiger partial charge is 0.379 e. The Balaban J connectivity index is 2.19. The van der Waals surface area contributed by atoms with Gasteiger partial charge in [0.2, 0.25) is 11.5 Å². The summed E-state index contributed by atoms with van der Waals surface area (Å²) in [4.78, 5) is 11.7. The van der Waals surface area contributed by atoms with Gasteiger partial charge in [-0.05, 0) is 28.5 Å². The number of carbonyl (C=O) groups excluding carboxylic acids is 1. The van der Waals surface area contributed by atoms with Gasteiger partial charge in [-0.25, -0.2) is 4.63 Å². The van der Waals surface area contributed by atoms with Crippen molar-refractivity contribution in [3.63, 3.8) is 0 Å². The second-order valence-corrected chi connectivity index (χ2v) is 3.14. The van der Waals surface area contributed by atoms with Crippen LogP contribution in [0.4, 0.5) is 11.5 Å². The molecule has 17 heavy (non-hydrogen) atoms. The van der Waals surface area contributed by atoms with Crippen molar-refractivity contribution in [3.8, 4) is 6.07 Å². The van der Waals surface area contributed by atoms with Gasteiger partial charge in [0.15, 0.2) is 0 Å². The molecule has 0 saturated heterocycles. The Morgan fingerprint density at radius 1 is 1.47 bits per heavy atom. The van der Waals surface area contributed by atoms with Crippen LogP contribution in [-0.2, 0) is 0 Å². The van der Waals surface area contributed by atoms with Crippen molar-refractivity contribution in [2.45, 2.75) is 0 Å². The number of nitrogens with zero attached hydrogens (tertiary/aromatic N) is 3. The third-order valence-corrected chi connectivity index (χ3v) is 1.98. The van der Waals surface area contributed by atoms with Crippen molar-refractivity contribution in [1.29, 1.82) is 5.26 Å². The zero-order chi connectivity index (χ0) is 12.3. The van der Waals surface area contributed by atoms with E-state index >= 15 is 0 Å². The maximum absolute atomic E-state index is 11.7. The second kappa shape index (κ2) is 4.32. The van der Waals surface area contributed by atoms with Crippen LogP contribution in [0.5, 0.6) is 0 Å². The number of rotatable bonds is 2. The average Bonchev–Trinajstić information content (AvgIpc) is 2.76. The van der Waals surface area contributed by atoms with Gasteiger partial charge >= 0.3 is 0 Å². The molecule has 0 unspecified atom stereocenters. The van der Waals surface area contributed by atoms with Crippen molar-refractivity contribution in [1.82, 2.24) is 10.3 Å². The fraction of sp³-hybridized carbons (Fsp3) is 0. The molecule has 1 aromatic heterocycles. The van der Waals surface area contributed by atoms with Gasteiger partial charge < -0.3 is 11.1 Å². The molecule has 0 radical (unpaired) electrons. The molecule has 1 heterocycles. The molecule has 7 heteroatoms. The van der Waals surface area contributed by atoms with Crippen LogP contribution in [0.25, 0.3) is 0 Å². The van der Waals surface area contributed by atoms with Gasteiger partial charge in [-0.15, -0.1) is 0 Å². The number of nitrogens with one attached hydrogen (secondary N) is 1. The minimum atomic E-state index is -0.543. The molecule has 84 valence electrons. The third-order valence-electron chi connectivity index (χ3n) is 1.98.